The summed E-state index contributed by atoms with van der Waals surface area (Å²) in [4.78, 5) is 21.7. The number of hydrogen-bond donors (Lipinski definition) is 3. The van der Waals surface area contributed by atoms with Crippen molar-refractivity contribution in [1.29, 1.82) is 0 Å². The van der Waals surface area contributed by atoms with Crippen LogP contribution in [0.15, 0.2) is 48.5 Å². The van der Waals surface area contributed by atoms with Gasteiger partial charge in [-0.15, -0.1) is 0 Å². The summed E-state index contributed by atoms with van der Waals surface area (Å²) in [6, 6.07) is 10.7. The van der Waals surface area contributed by atoms with Crippen molar-refractivity contribution >= 4 is 17.7 Å². The average molecular weight is 618 g/mol. The van der Waals surface area contributed by atoms with Crippen molar-refractivity contribution < 1.29 is 36.9 Å². The van der Waals surface area contributed by atoms with Gasteiger partial charge in [-0.2, -0.15) is 23.1 Å². The van der Waals surface area contributed by atoms with Gasteiger partial charge < -0.3 is 30.5 Å². The first kappa shape index (κ1) is 31.3. The molecule has 9 nitrogen and oxygen atoms in total. The van der Waals surface area contributed by atoms with Crippen LogP contribution in [0, 0.1) is 11.2 Å². The molecule has 3 atom stereocenters. The van der Waals surface area contributed by atoms with Crippen LogP contribution >= 0.6 is 0 Å². The molecular formula is C31H35F4N5O4. The zero-order valence-corrected chi connectivity index (χ0v) is 24.4. The Labute approximate surface area is 252 Å². The monoisotopic (exact) mass is 617 g/mol. The Morgan fingerprint density at radius 2 is 1.80 bits per heavy atom. The Balaban J connectivity index is 1.32. The number of carbonyl (C=O) groups is 1. The molecule has 0 radical (unpaired) electrons. The number of carboxylic acids is 1. The number of anilines is 2. The molecule has 3 aromatic rings. The molecule has 0 amide bonds. The van der Waals surface area contributed by atoms with Gasteiger partial charge in [0.1, 0.15) is 11.9 Å². The molecule has 2 aliphatic heterocycles. The summed E-state index contributed by atoms with van der Waals surface area (Å²) in [5.74, 6) is -1.56. The van der Waals surface area contributed by atoms with Gasteiger partial charge in [0, 0.05) is 30.8 Å². The molecule has 2 aromatic carbocycles. The van der Waals surface area contributed by atoms with Gasteiger partial charge in [0.15, 0.2) is 11.6 Å². The fraction of sp³-hybridized carbons (Fsp3) is 0.452. The van der Waals surface area contributed by atoms with Crippen LogP contribution in [0.5, 0.6) is 11.6 Å². The summed E-state index contributed by atoms with van der Waals surface area (Å²) in [7, 11) is 0. The molecule has 236 valence electrons. The summed E-state index contributed by atoms with van der Waals surface area (Å²) in [5, 5.41) is 12.8. The fourth-order valence-electron chi connectivity index (χ4n) is 6.37. The van der Waals surface area contributed by atoms with E-state index in [1.807, 2.05) is 11.8 Å². The van der Waals surface area contributed by atoms with Crippen LogP contribution in [-0.2, 0) is 4.79 Å². The number of nitrogens with zero attached hydrogens (tertiary/aromatic N) is 3. The van der Waals surface area contributed by atoms with Gasteiger partial charge in [0.2, 0.25) is 17.9 Å². The summed E-state index contributed by atoms with van der Waals surface area (Å²) in [5.41, 5.74) is 6.55. The van der Waals surface area contributed by atoms with Gasteiger partial charge in [-0.3, -0.25) is 4.79 Å². The maximum absolute atomic E-state index is 14.3. The number of nitrogens with two attached hydrogens (primary N) is 1. The van der Waals surface area contributed by atoms with Gasteiger partial charge in [0.05, 0.1) is 6.61 Å². The van der Waals surface area contributed by atoms with Crippen molar-refractivity contribution in [3.8, 4) is 22.8 Å². The van der Waals surface area contributed by atoms with E-state index in [1.165, 1.54) is 42.5 Å². The highest BCUT2D eigenvalue weighted by Crippen LogP contribution is 2.46. The van der Waals surface area contributed by atoms with Gasteiger partial charge in [-0.25, -0.2) is 4.39 Å². The first-order chi connectivity index (χ1) is 20.9. The lowest BCUT2D eigenvalue weighted by atomic mass is 9.71. The van der Waals surface area contributed by atoms with E-state index in [4.69, 9.17) is 15.2 Å². The molecule has 2 saturated heterocycles. The van der Waals surface area contributed by atoms with Crippen molar-refractivity contribution in [2.45, 2.75) is 63.9 Å². The van der Waals surface area contributed by atoms with E-state index in [-0.39, 0.29) is 34.6 Å². The van der Waals surface area contributed by atoms with Crippen molar-refractivity contribution in [3.63, 3.8) is 0 Å². The largest absolute Gasteiger partial charge is 0.491 e. The standard InChI is InChI=1S/C31H35F4N5O4/c1-3-24-30(17-22(37-24)28(41)42)11-13-40(14-12-30)25-16-26(39-29(36)38-25)44-27(31(33,34)35)19-7-5-18(6-8-19)20-9-10-23(43-4-2)21(32)15-20/h5-10,15-16,22,24,27,37H,3-4,11-14,17H2,1-2H3,(H,41,42)(H2,36,38,39)/t22?,24?,27-/m1/s1. The second-order valence-corrected chi connectivity index (χ2v) is 11.2. The van der Waals surface area contributed by atoms with Crippen molar-refractivity contribution in [2.24, 2.45) is 5.41 Å². The number of hydrogen-bond acceptors (Lipinski definition) is 8. The number of aromatic nitrogens is 2. The quantitative estimate of drug-likeness (QED) is 0.257. The average Bonchev–Trinajstić information content (AvgIpc) is 3.35. The molecule has 2 aliphatic rings. The van der Waals surface area contributed by atoms with Crippen LogP contribution in [0.1, 0.15) is 51.2 Å². The Morgan fingerprint density at radius 1 is 1.11 bits per heavy atom. The van der Waals surface area contributed by atoms with Crippen molar-refractivity contribution in [3.05, 3.63) is 59.9 Å². The van der Waals surface area contributed by atoms with Crippen LogP contribution < -0.4 is 25.4 Å². The first-order valence-corrected chi connectivity index (χ1v) is 14.6. The molecule has 0 aliphatic carbocycles. The SMILES string of the molecule is CCOc1ccc(-c2ccc([C@@H](Oc3cc(N4CCC5(CC4)CC(C(=O)O)NC5CC)nc(N)n3)C(F)(F)F)cc2)cc1F. The van der Waals surface area contributed by atoms with E-state index >= 15 is 0 Å². The summed E-state index contributed by atoms with van der Waals surface area (Å²) in [6.07, 6.45) is -4.43. The third-order valence-corrected chi connectivity index (χ3v) is 8.56. The molecule has 1 spiro atoms. The number of aliphatic carboxylic acids is 1. The lowest BCUT2D eigenvalue weighted by Gasteiger charge is -2.43. The second kappa shape index (κ2) is 12.5. The number of halogens is 4. The number of carboxylic acid groups (broad SMARTS) is 1. The van der Waals surface area contributed by atoms with E-state index in [9.17, 15) is 27.5 Å². The molecule has 3 heterocycles. The van der Waals surface area contributed by atoms with E-state index in [0.717, 1.165) is 6.42 Å². The summed E-state index contributed by atoms with van der Waals surface area (Å²) in [6.45, 7) is 5.11. The Morgan fingerprint density at radius 3 is 2.39 bits per heavy atom. The van der Waals surface area contributed by atoms with Crippen LogP contribution in [0.3, 0.4) is 0 Å². The Kier molecular flexibility index (Phi) is 8.87. The lowest BCUT2D eigenvalue weighted by molar-refractivity contribution is -0.198. The number of nitrogen functional groups attached to an aromatic ring is 1. The minimum absolute atomic E-state index is 0.0625. The Hall–Kier alpha value is -4.13. The van der Waals surface area contributed by atoms with Crippen LogP contribution in [0.2, 0.25) is 0 Å². The normalized spacial score (nSPS) is 20.5. The number of nitrogens with one attached hydrogen (secondary N) is 1. The van der Waals surface area contributed by atoms with E-state index in [1.54, 1.807) is 13.0 Å². The molecule has 13 heteroatoms. The first-order valence-electron chi connectivity index (χ1n) is 14.6. The van der Waals surface area contributed by atoms with E-state index in [0.29, 0.717) is 55.9 Å². The zero-order chi connectivity index (χ0) is 31.6. The minimum Gasteiger partial charge on any atom is -0.491 e. The van der Waals surface area contributed by atoms with Crippen molar-refractivity contribution in [1.82, 2.24) is 15.3 Å². The van der Waals surface area contributed by atoms with Gasteiger partial charge in [-0.05, 0) is 61.3 Å². The second-order valence-electron chi connectivity index (χ2n) is 11.2. The highest BCUT2D eigenvalue weighted by molar-refractivity contribution is 5.74. The third-order valence-electron chi connectivity index (χ3n) is 8.56. The molecule has 0 bridgehead atoms. The number of alkyl halides is 3. The van der Waals surface area contributed by atoms with Crippen LogP contribution in [0.25, 0.3) is 11.1 Å². The fourth-order valence-corrected chi connectivity index (χ4v) is 6.37. The lowest BCUT2D eigenvalue weighted by Crippen LogP contribution is -2.46. The third kappa shape index (κ3) is 6.52. The van der Waals surface area contributed by atoms with Gasteiger partial charge >= 0.3 is 12.1 Å². The van der Waals surface area contributed by atoms with E-state index in [2.05, 4.69) is 15.3 Å². The number of benzene rings is 2. The topological polar surface area (TPSA) is 123 Å². The summed E-state index contributed by atoms with van der Waals surface area (Å²) >= 11 is 0. The highest BCUT2D eigenvalue weighted by Gasteiger charge is 2.50. The number of rotatable bonds is 9. The maximum Gasteiger partial charge on any atom is 0.429 e. The molecule has 5 rings (SSSR count). The predicted molar refractivity (Wildman–Crippen MR) is 156 cm³/mol. The number of piperidine rings is 1. The molecule has 0 saturated carbocycles. The Bertz CT molecular complexity index is 1480. The number of ether oxygens (including phenoxy) is 2. The minimum atomic E-state index is -4.78. The molecule has 1 aromatic heterocycles. The maximum atomic E-state index is 14.3. The molecule has 44 heavy (non-hydrogen) atoms. The highest BCUT2D eigenvalue weighted by atomic mass is 19.4. The van der Waals surface area contributed by atoms with Crippen LogP contribution in [0.4, 0.5) is 29.3 Å². The molecule has 2 unspecified atom stereocenters. The van der Waals surface area contributed by atoms with Crippen molar-refractivity contribution in [2.75, 3.05) is 30.3 Å². The predicted octanol–water partition coefficient (Wildman–Crippen LogP) is 5.76. The zero-order valence-electron chi connectivity index (χ0n) is 24.4. The summed E-state index contributed by atoms with van der Waals surface area (Å²) < 4.78 is 67.7. The van der Waals surface area contributed by atoms with Gasteiger partial charge in [-0.1, -0.05) is 37.3 Å². The van der Waals surface area contributed by atoms with E-state index < -0.39 is 30.1 Å². The molecule has 4 N–H and O–H groups in total. The van der Waals surface area contributed by atoms with Crippen LogP contribution in [-0.4, -0.2) is 59.0 Å². The molecule has 2 fully saturated rings. The van der Waals surface area contributed by atoms with Gasteiger partial charge in [0.25, 0.3) is 0 Å². The molecular weight excluding hydrogens is 582 g/mol. The smallest absolute Gasteiger partial charge is 0.429 e.